The van der Waals surface area contributed by atoms with Gasteiger partial charge in [-0.05, 0) is 95.2 Å². The third-order valence-corrected chi connectivity index (χ3v) is 7.93. The number of carbonyl (C=O) groups excluding carboxylic acids is 3. The Hall–Kier alpha value is -4.04. The Bertz CT molecular complexity index is 1480. The zero-order valence-corrected chi connectivity index (χ0v) is 28.9. The van der Waals surface area contributed by atoms with Crippen LogP contribution < -0.4 is 10.6 Å². The van der Waals surface area contributed by atoms with Gasteiger partial charge in [0, 0.05) is 12.5 Å². The lowest BCUT2D eigenvalue weighted by molar-refractivity contribution is -0.143. The summed E-state index contributed by atoms with van der Waals surface area (Å²) in [5.74, 6) is -0.411. The molecule has 0 aliphatic carbocycles. The van der Waals surface area contributed by atoms with Crippen LogP contribution in [0.4, 0.5) is 10.5 Å². The van der Waals surface area contributed by atoms with E-state index in [1.807, 2.05) is 57.2 Å². The first kappa shape index (κ1) is 36.4. The summed E-state index contributed by atoms with van der Waals surface area (Å²) in [6.07, 6.45) is 0.807. The molecule has 46 heavy (non-hydrogen) atoms. The van der Waals surface area contributed by atoms with Crippen LogP contribution in [-0.4, -0.2) is 45.6 Å². The van der Waals surface area contributed by atoms with Crippen molar-refractivity contribution < 1.29 is 24.2 Å². The van der Waals surface area contributed by atoms with Gasteiger partial charge in [0.15, 0.2) is 0 Å². The van der Waals surface area contributed by atoms with Crippen molar-refractivity contribution in [3.8, 4) is 5.75 Å². The molecule has 0 fully saturated rings. The maximum absolute atomic E-state index is 14.9. The van der Waals surface area contributed by atoms with Gasteiger partial charge in [0.25, 0.3) is 5.91 Å². The summed E-state index contributed by atoms with van der Waals surface area (Å²) < 4.78 is 5.55. The molecule has 3 amide bonds. The Morgan fingerprint density at radius 3 is 2.17 bits per heavy atom. The lowest BCUT2D eigenvalue weighted by Crippen LogP contribution is -2.55. The molecule has 248 valence electrons. The van der Waals surface area contributed by atoms with Crippen LogP contribution in [0.15, 0.2) is 66.7 Å². The van der Waals surface area contributed by atoms with Gasteiger partial charge in [-0.1, -0.05) is 79.5 Å². The zero-order valence-electron chi connectivity index (χ0n) is 28.2. The summed E-state index contributed by atoms with van der Waals surface area (Å²) in [4.78, 5) is 44.1. The van der Waals surface area contributed by atoms with E-state index in [4.69, 9.17) is 16.3 Å². The number of para-hydroxylation sites is 1. The van der Waals surface area contributed by atoms with Crippen LogP contribution >= 0.6 is 11.6 Å². The quantitative estimate of drug-likeness (QED) is 0.184. The molecule has 8 nitrogen and oxygen atoms in total. The first-order valence-electron chi connectivity index (χ1n) is 15.8. The molecular weight excluding hydrogens is 602 g/mol. The minimum atomic E-state index is -1.08. The second kappa shape index (κ2) is 16.0. The number of ether oxygens (including phenoxy) is 1. The topological polar surface area (TPSA) is 108 Å². The molecule has 0 saturated carbocycles. The second-order valence-electron chi connectivity index (χ2n) is 13.4. The number of hydrogen-bond acceptors (Lipinski definition) is 5. The summed E-state index contributed by atoms with van der Waals surface area (Å²) in [6.45, 7) is 15.2. The second-order valence-corrected chi connectivity index (χ2v) is 13.8. The zero-order chi connectivity index (χ0) is 34.2. The fourth-order valence-electron chi connectivity index (χ4n) is 5.27. The molecule has 0 bridgehead atoms. The Morgan fingerprint density at radius 2 is 1.59 bits per heavy atom. The predicted octanol–water partition coefficient (Wildman–Crippen LogP) is 8.13. The Morgan fingerprint density at radius 1 is 0.935 bits per heavy atom. The lowest BCUT2D eigenvalue weighted by atomic mass is 9.95. The van der Waals surface area contributed by atoms with Crippen LogP contribution in [0.3, 0.4) is 0 Å². The van der Waals surface area contributed by atoms with E-state index in [9.17, 15) is 19.5 Å². The van der Waals surface area contributed by atoms with Gasteiger partial charge in [0.2, 0.25) is 5.91 Å². The molecule has 3 aromatic rings. The van der Waals surface area contributed by atoms with Crippen molar-refractivity contribution >= 4 is 35.2 Å². The highest BCUT2D eigenvalue weighted by Crippen LogP contribution is 2.32. The monoisotopic (exact) mass is 649 g/mol. The third-order valence-electron chi connectivity index (χ3n) is 7.61. The summed E-state index contributed by atoms with van der Waals surface area (Å²) in [5.41, 5.74) is 2.74. The normalized spacial score (nSPS) is 13.4. The van der Waals surface area contributed by atoms with E-state index in [2.05, 4.69) is 24.5 Å². The van der Waals surface area contributed by atoms with Gasteiger partial charge in [0.05, 0.1) is 10.7 Å². The van der Waals surface area contributed by atoms with Crippen LogP contribution in [-0.2, 0) is 20.7 Å². The number of alkyl carbamates (subject to hydrolysis) is 1. The number of phenols is 1. The van der Waals surface area contributed by atoms with Crippen molar-refractivity contribution in [3.05, 3.63) is 94.0 Å². The average molecular weight is 650 g/mol. The smallest absolute Gasteiger partial charge is 0.408 e. The van der Waals surface area contributed by atoms with E-state index in [-0.39, 0.29) is 18.2 Å². The highest BCUT2D eigenvalue weighted by atomic mass is 35.5. The third kappa shape index (κ3) is 10.5. The molecule has 0 heterocycles. The van der Waals surface area contributed by atoms with Crippen molar-refractivity contribution in [1.82, 2.24) is 10.2 Å². The van der Waals surface area contributed by atoms with E-state index in [1.54, 1.807) is 43.9 Å². The molecule has 0 radical (unpaired) electrons. The first-order chi connectivity index (χ1) is 21.6. The van der Waals surface area contributed by atoms with E-state index < -0.39 is 35.6 Å². The van der Waals surface area contributed by atoms with Crippen LogP contribution in [0.2, 0.25) is 5.02 Å². The van der Waals surface area contributed by atoms with Crippen LogP contribution in [0.1, 0.15) is 82.7 Å². The fourth-order valence-corrected chi connectivity index (χ4v) is 5.54. The number of nitrogens with one attached hydrogen (secondary N) is 2. The van der Waals surface area contributed by atoms with Gasteiger partial charge in [-0.15, -0.1) is 0 Å². The number of hydrogen-bond donors (Lipinski definition) is 3. The molecule has 9 heteroatoms. The standard InChI is InChI=1S/C37H48ClN3O5/c1-23(2)15-16-26(5)41(35(44)31(39-36(45)46-37(6,7)8)22-27-17-19-29(42)20-18-27)33(28-13-9-11-24(3)21-28)34(43)40-32-25(4)12-10-14-30(32)38/h9-14,17-21,23,26,31,33,42H,15-16,22H2,1-8H3,(H,39,45)(H,40,43). The average Bonchev–Trinajstić information content (AvgIpc) is 2.96. The number of anilines is 1. The molecule has 0 aromatic heterocycles. The maximum Gasteiger partial charge on any atom is 0.408 e. The molecule has 3 atom stereocenters. The van der Waals surface area contributed by atoms with Crippen LogP contribution in [0.5, 0.6) is 5.75 Å². The van der Waals surface area contributed by atoms with Gasteiger partial charge in [-0.3, -0.25) is 9.59 Å². The number of aromatic hydroxyl groups is 1. The van der Waals surface area contributed by atoms with Crippen LogP contribution in [0, 0.1) is 19.8 Å². The van der Waals surface area contributed by atoms with Crippen molar-refractivity contribution in [1.29, 1.82) is 0 Å². The molecule has 0 saturated heterocycles. The van der Waals surface area contributed by atoms with Crippen LogP contribution in [0.25, 0.3) is 0 Å². The number of aryl methyl sites for hydroxylation is 2. The van der Waals surface area contributed by atoms with Crippen molar-refractivity contribution in [3.63, 3.8) is 0 Å². The summed E-state index contributed by atoms with van der Waals surface area (Å²) in [7, 11) is 0. The summed E-state index contributed by atoms with van der Waals surface area (Å²) >= 11 is 6.53. The number of amides is 3. The molecule has 0 aliphatic rings. The molecule has 3 aromatic carbocycles. The minimum Gasteiger partial charge on any atom is -0.508 e. The van der Waals surface area contributed by atoms with E-state index in [0.29, 0.717) is 34.2 Å². The summed E-state index contributed by atoms with van der Waals surface area (Å²) in [5, 5.41) is 16.1. The highest BCUT2D eigenvalue weighted by molar-refractivity contribution is 6.34. The van der Waals surface area contributed by atoms with Gasteiger partial charge < -0.3 is 25.4 Å². The SMILES string of the molecule is Cc1cccc(C(C(=O)Nc2c(C)cccc2Cl)N(C(=O)C(Cc2ccc(O)cc2)NC(=O)OC(C)(C)C)C(C)CCC(C)C)c1. The number of rotatable bonds is 12. The molecule has 3 unspecified atom stereocenters. The first-order valence-corrected chi connectivity index (χ1v) is 16.2. The predicted molar refractivity (Wildman–Crippen MR) is 184 cm³/mol. The molecule has 3 N–H and O–H groups in total. The lowest BCUT2D eigenvalue weighted by Gasteiger charge is -2.39. The molecule has 0 aliphatic heterocycles. The van der Waals surface area contributed by atoms with E-state index in [1.165, 1.54) is 12.1 Å². The van der Waals surface area contributed by atoms with Crippen molar-refractivity contribution in [2.24, 2.45) is 5.92 Å². The van der Waals surface area contributed by atoms with Crippen molar-refractivity contribution in [2.75, 3.05) is 5.32 Å². The maximum atomic E-state index is 14.9. The Labute approximate surface area is 278 Å². The molecule has 0 spiro atoms. The van der Waals surface area contributed by atoms with Gasteiger partial charge >= 0.3 is 6.09 Å². The molecule has 3 rings (SSSR count). The molecular formula is C37H48ClN3O5. The largest absolute Gasteiger partial charge is 0.508 e. The number of benzene rings is 3. The van der Waals surface area contributed by atoms with Gasteiger partial charge in [-0.25, -0.2) is 4.79 Å². The number of nitrogens with zero attached hydrogens (tertiary/aromatic N) is 1. The number of phenolic OH excluding ortho intramolecular Hbond substituents is 1. The van der Waals surface area contributed by atoms with E-state index >= 15 is 0 Å². The number of carbonyl (C=O) groups is 3. The Kier molecular flexibility index (Phi) is 12.7. The van der Waals surface area contributed by atoms with Gasteiger partial charge in [0.1, 0.15) is 23.4 Å². The number of halogens is 1. The van der Waals surface area contributed by atoms with Gasteiger partial charge in [-0.2, -0.15) is 0 Å². The minimum absolute atomic E-state index is 0.0849. The highest BCUT2D eigenvalue weighted by Gasteiger charge is 2.39. The van der Waals surface area contributed by atoms with E-state index in [0.717, 1.165) is 17.5 Å². The fraction of sp³-hybridized carbons (Fsp3) is 0.432. The van der Waals surface area contributed by atoms with Crippen molar-refractivity contribution in [2.45, 2.75) is 98.4 Å². The Balaban J connectivity index is 2.17. The summed E-state index contributed by atoms with van der Waals surface area (Å²) in [6, 6.07) is 16.8.